The Morgan fingerprint density at radius 2 is 0.926 bits per heavy atom. The number of nitrogens with one attached hydrogen (secondary N) is 2. The lowest BCUT2D eigenvalue weighted by Gasteiger charge is -2.10. The first-order valence-corrected chi connectivity index (χ1v) is 20.7. The van der Waals surface area contributed by atoms with Crippen LogP contribution in [0.5, 0.6) is 11.5 Å². The summed E-state index contributed by atoms with van der Waals surface area (Å²) in [5.41, 5.74) is 6.85. The van der Waals surface area contributed by atoms with Crippen LogP contribution >= 0.6 is 23.2 Å². The Morgan fingerprint density at radius 3 is 1.26 bits per heavy atom. The Kier molecular flexibility index (Phi) is 21.5. The summed E-state index contributed by atoms with van der Waals surface area (Å²) in [5.74, 6) is 0.665. The van der Waals surface area contributed by atoms with E-state index in [2.05, 4.69) is 34.9 Å². The standard InChI is InChI=1S/C43H61Cl2N5O4/c1-5-7-9-11-13-15-17-19-29-53-36-25-21-34(22-26-36)42(51)48-46-31-38-39(41(45)50(33(3)4)40(38)44)32-47-49-43(52)35-23-27-37(28-24-35)54-30-20-18-16-14-12-10-8-6-2/h21-28,31-33H,5-20,29-30H2,1-4H3,(H,48,51)(H,49,52)/b46-31+,47-32+. The summed E-state index contributed by atoms with van der Waals surface area (Å²) >= 11 is 13.4. The number of hydrogen-bond donors (Lipinski definition) is 2. The van der Waals surface area contributed by atoms with Crippen LogP contribution in [0.2, 0.25) is 10.3 Å². The van der Waals surface area contributed by atoms with Crippen LogP contribution in [-0.4, -0.2) is 42.0 Å². The second kappa shape index (κ2) is 26.1. The highest BCUT2D eigenvalue weighted by Gasteiger charge is 2.20. The van der Waals surface area contributed by atoms with Gasteiger partial charge in [0.2, 0.25) is 0 Å². The smallest absolute Gasteiger partial charge is 0.271 e. The third kappa shape index (κ3) is 15.9. The summed E-state index contributed by atoms with van der Waals surface area (Å²) in [4.78, 5) is 25.7. The molecule has 2 aromatic carbocycles. The van der Waals surface area contributed by atoms with E-state index in [1.807, 2.05) is 13.8 Å². The van der Waals surface area contributed by atoms with E-state index in [1.165, 1.54) is 89.5 Å². The van der Waals surface area contributed by atoms with Crippen LogP contribution < -0.4 is 20.3 Å². The van der Waals surface area contributed by atoms with Gasteiger partial charge >= 0.3 is 0 Å². The number of unbranched alkanes of at least 4 members (excludes halogenated alkanes) is 14. The number of halogens is 2. The maximum Gasteiger partial charge on any atom is 0.271 e. The Morgan fingerprint density at radius 1 is 0.593 bits per heavy atom. The van der Waals surface area contributed by atoms with Crippen molar-refractivity contribution in [3.8, 4) is 11.5 Å². The van der Waals surface area contributed by atoms with Gasteiger partial charge in [-0.2, -0.15) is 10.2 Å². The average molecular weight is 783 g/mol. The zero-order chi connectivity index (χ0) is 39.0. The molecule has 0 aliphatic heterocycles. The van der Waals surface area contributed by atoms with Gasteiger partial charge in [0.15, 0.2) is 0 Å². The van der Waals surface area contributed by atoms with Gasteiger partial charge in [-0.05, 0) is 75.2 Å². The number of benzene rings is 2. The molecule has 0 saturated carbocycles. The van der Waals surface area contributed by atoms with Crippen molar-refractivity contribution in [3.63, 3.8) is 0 Å². The first-order valence-electron chi connectivity index (χ1n) is 20.0. The van der Waals surface area contributed by atoms with E-state index >= 15 is 0 Å². The molecule has 0 bridgehead atoms. The van der Waals surface area contributed by atoms with Crippen molar-refractivity contribution in [2.75, 3.05) is 13.2 Å². The van der Waals surface area contributed by atoms with E-state index in [-0.39, 0.29) is 6.04 Å². The fourth-order valence-electron chi connectivity index (χ4n) is 5.96. The van der Waals surface area contributed by atoms with Crippen molar-refractivity contribution in [1.82, 2.24) is 15.4 Å². The first kappa shape index (κ1) is 44.6. The Hall–Kier alpha value is -3.82. The van der Waals surface area contributed by atoms with Crippen LogP contribution in [0, 0.1) is 0 Å². The molecule has 9 nitrogen and oxygen atoms in total. The highest BCUT2D eigenvalue weighted by molar-refractivity contribution is 6.38. The van der Waals surface area contributed by atoms with Gasteiger partial charge in [-0.15, -0.1) is 0 Å². The third-order valence-corrected chi connectivity index (χ3v) is 9.93. The van der Waals surface area contributed by atoms with E-state index in [0.717, 1.165) is 37.2 Å². The molecule has 3 aromatic rings. The summed E-state index contributed by atoms with van der Waals surface area (Å²) in [6.45, 7) is 9.66. The lowest BCUT2D eigenvalue weighted by atomic mass is 10.1. The molecule has 0 fully saturated rings. The zero-order valence-corrected chi connectivity index (χ0v) is 34.3. The summed E-state index contributed by atoms with van der Waals surface area (Å²) in [5, 5.41) is 8.95. The molecule has 0 aliphatic rings. The molecule has 2 N–H and O–H groups in total. The van der Waals surface area contributed by atoms with Crippen molar-refractivity contribution in [1.29, 1.82) is 0 Å². The lowest BCUT2D eigenvalue weighted by Crippen LogP contribution is -2.18. The number of nitrogens with zero attached hydrogens (tertiary/aromatic N) is 3. The molecule has 0 aliphatic carbocycles. The number of aromatic nitrogens is 1. The van der Waals surface area contributed by atoms with Gasteiger partial charge in [-0.3, -0.25) is 9.59 Å². The average Bonchev–Trinajstić information content (AvgIpc) is 3.41. The van der Waals surface area contributed by atoms with Crippen molar-refractivity contribution < 1.29 is 19.1 Å². The molecule has 296 valence electrons. The highest BCUT2D eigenvalue weighted by atomic mass is 35.5. The maximum atomic E-state index is 12.8. The topological polar surface area (TPSA) is 106 Å². The Bertz CT molecular complexity index is 1470. The molecular formula is C43H61Cl2N5O4. The highest BCUT2D eigenvalue weighted by Crippen LogP contribution is 2.32. The predicted molar refractivity (Wildman–Crippen MR) is 224 cm³/mol. The van der Waals surface area contributed by atoms with Gasteiger partial charge in [-0.1, -0.05) is 127 Å². The van der Waals surface area contributed by atoms with Crippen molar-refractivity contribution >= 4 is 47.4 Å². The fraction of sp³-hybridized carbons (Fsp3) is 0.535. The molecule has 0 spiro atoms. The molecule has 0 saturated heterocycles. The molecule has 3 rings (SSSR count). The molecular weight excluding hydrogens is 721 g/mol. The number of amides is 2. The summed E-state index contributed by atoms with van der Waals surface area (Å²) < 4.78 is 13.4. The number of ether oxygens (including phenoxy) is 2. The minimum Gasteiger partial charge on any atom is -0.494 e. The number of rotatable bonds is 27. The Balaban J connectivity index is 1.49. The second-order valence-corrected chi connectivity index (χ2v) is 14.7. The minimum absolute atomic E-state index is 0.0731. The molecule has 11 heteroatoms. The van der Waals surface area contributed by atoms with Gasteiger partial charge in [-0.25, -0.2) is 10.9 Å². The van der Waals surface area contributed by atoms with Crippen LogP contribution in [0.3, 0.4) is 0 Å². The SMILES string of the molecule is CCCCCCCCCCOc1ccc(C(=O)N/N=C/c2c(/C=N/NC(=O)c3ccc(OCCCCCCCCCC)cc3)c(Cl)n(C(C)C)c2Cl)cc1. The number of hydrazone groups is 2. The maximum absolute atomic E-state index is 12.8. The third-order valence-electron chi connectivity index (χ3n) is 9.16. The molecule has 1 aromatic heterocycles. The van der Waals surface area contributed by atoms with E-state index < -0.39 is 11.8 Å². The van der Waals surface area contributed by atoms with Crippen molar-refractivity contribution in [2.45, 2.75) is 136 Å². The van der Waals surface area contributed by atoms with Crippen LogP contribution in [0.4, 0.5) is 0 Å². The summed E-state index contributed by atoms with van der Waals surface area (Å²) in [6.07, 6.45) is 22.7. The molecule has 54 heavy (non-hydrogen) atoms. The monoisotopic (exact) mass is 781 g/mol. The summed E-state index contributed by atoms with van der Waals surface area (Å²) in [7, 11) is 0. The van der Waals surface area contributed by atoms with Gasteiger partial charge in [0.05, 0.1) is 25.6 Å². The molecule has 2 amide bonds. The van der Waals surface area contributed by atoms with Crippen molar-refractivity contribution in [2.24, 2.45) is 10.2 Å². The van der Waals surface area contributed by atoms with E-state index in [1.54, 1.807) is 53.1 Å². The van der Waals surface area contributed by atoms with Crippen LogP contribution in [-0.2, 0) is 0 Å². The van der Waals surface area contributed by atoms with Crippen molar-refractivity contribution in [3.05, 3.63) is 81.1 Å². The number of carbonyl (C=O) groups is 2. The molecule has 1 heterocycles. The molecule has 0 atom stereocenters. The first-order chi connectivity index (χ1) is 26.3. The summed E-state index contributed by atoms with van der Waals surface area (Å²) in [6, 6.07) is 13.9. The lowest BCUT2D eigenvalue weighted by molar-refractivity contribution is 0.0947. The Labute approximate surface area is 333 Å². The zero-order valence-electron chi connectivity index (χ0n) is 32.8. The predicted octanol–water partition coefficient (Wildman–Crippen LogP) is 11.9. The van der Waals surface area contributed by atoms with E-state index in [9.17, 15) is 9.59 Å². The normalized spacial score (nSPS) is 11.5. The van der Waals surface area contributed by atoms with Crippen LogP contribution in [0.1, 0.15) is 168 Å². The van der Waals surface area contributed by atoms with Crippen LogP contribution in [0.15, 0.2) is 58.7 Å². The second-order valence-electron chi connectivity index (χ2n) is 14.0. The molecule has 0 unspecified atom stereocenters. The minimum atomic E-state index is -0.390. The quantitative estimate of drug-likeness (QED) is 0.0456. The van der Waals surface area contributed by atoms with Crippen LogP contribution in [0.25, 0.3) is 0 Å². The number of carbonyl (C=O) groups excluding carboxylic acids is 2. The van der Waals surface area contributed by atoms with Gasteiger partial charge in [0.25, 0.3) is 11.8 Å². The van der Waals surface area contributed by atoms with Gasteiger partial charge < -0.3 is 14.0 Å². The van der Waals surface area contributed by atoms with E-state index in [4.69, 9.17) is 32.7 Å². The van der Waals surface area contributed by atoms with Gasteiger partial charge in [0, 0.05) is 28.3 Å². The number of hydrogen-bond acceptors (Lipinski definition) is 6. The van der Waals surface area contributed by atoms with E-state index in [0.29, 0.717) is 45.8 Å². The molecule has 0 radical (unpaired) electrons. The largest absolute Gasteiger partial charge is 0.494 e. The fourth-order valence-corrected chi connectivity index (χ4v) is 6.87. The van der Waals surface area contributed by atoms with Gasteiger partial charge in [0.1, 0.15) is 21.8 Å².